The fourth-order valence-corrected chi connectivity index (χ4v) is 2.92. The average molecular weight is 337 g/mol. The van der Waals surface area contributed by atoms with E-state index in [9.17, 15) is 4.79 Å². The highest BCUT2D eigenvalue weighted by Gasteiger charge is 2.13. The molecule has 0 fully saturated rings. The number of imidazole rings is 1. The number of rotatable bonds is 6. The van der Waals surface area contributed by atoms with Gasteiger partial charge in [0, 0.05) is 29.4 Å². The molecule has 0 aliphatic heterocycles. The summed E-state index contributed by atoms with van der Waals surface area (Å²) in [4.78, 5) is 19.6. The van der Waals surface area contributed by atoms with Crippen molar-refractivity contribution in [3.05, 3.63) is 65.0 Å². The molecule has 0 unspecified atom stereocenters. The molecule has 130 valence electrons. The summed E-state index contributed by atoms with van der Waals surface area (Å²) >= 11 is 0. The molecule has 0 bridgehead atoms. The summed E-state index contributed by atoms with van der Waals surface area (Å²) < 4.78 is 0. The topological polar surface area (TPSA) is 86.5 Å². The normalized spacial score (nSPS) is 12.1. The van der Waals surface area contributed by atoms with Gasteiger partial charge in [-0.25, -0.2) is 4.98 Å². The lowest BCUT2D eigenvalue weighted by Crippen LogP contribution is -2.12. The van der Waals surface area contributed by atoms with Crippen LogP contribution in [-0.4, -0.2) is 26.1 Å². The van der Waals surface area contributed by atoms with Crippen LogP contribution in [0.25, 0.3) is 0 Å². The summed E-state index contributed by atoms with van der Waals surface area (Å²) in [6, 6.07) is 7.97. The summed E-state index contributed by atoms with van der Waals surface area (Å²) in [5.74, 6) is 0.231. The van der Waals surface area contributed by atoms with Crippen molar-refractivity contribution >= 4 is 11.6 Å². The Morgan fingerprint density at radius 1 is 1.24 bits per heavy atom. The Labute approximate surface area is 147 Å². The second-order valence-electron chi connectivity index (χ2n) is 6.33. The van der Waals surface area contributed by atoms with Gasteiger partial charge in [-0.1, -0.05) is 19.1 Å². The zero-order chi connectivity index (χ0) is 17.8. The van der Waals surface area contributed by atoms with Crippen molar-refractivity contribution in [2.75, 3.05) is 5.32 Å². The van der Waals surface area contributed by atoms with Gasteiger partial charge in [0.1, 0.15) is 0 Å². The first-order valence-electron chi connectivity index (χ1n) is 8.43. The highest BCUT2D eigenvalue weighted by atomic mass is 16.1. The van der Waals surface area contributed by atoms with E-state index in [1.54, 1.807) is 12.5 Å². The van der Waals surface area contributed by atoms with Crippen molar-refractivity contribution in [1.82, 2.24) is 20.2 Å². The molecule has 0 radical (unpaired) electrons. The van der Waals surface area contributed by atoms with E-state index in [1.807, 2.05) is 38.1 Å². The summed E-state index contributed by atoms with van der Waals surface area (Å²) in [5, 5.41) is 9.84. The lowest BCUT2D eigenvalue weighted by Gasteiger charge is -2.12. The molecule has 6 nitrogen and oxygen atoms in total. The van der Waals surface area contributed by atoms with Crippen LogP contribution in [0.2, 0.25) is 0 Å². The Hall–Kier alpha value is -2.89. The number of benzene rings is 1. The summed E-state index contributed by atoms with van der Waals surface area (Å²) in [5.41, 5.74) is 6.21. The van der Waals surface area contributed by atoms with Gasteiger partial charge in [0.25, 0.3) is 0 Å². The predicted octanol–water partition coefficient (Wildman–Crippen LogP) is 3.47. The molecule has 0 aliphatic carbocycles. The number of anilines is 1. The summed E-state index contributed by atoms with van der Waals surface area (Å²) in [6.07, 6.45) is 4.58. The molecule has 3 rings (SSSR count). The Bertz CT molecular complexity index is 847. The van der Waals surface area contributed by atoms with Crippen LogP contribution in [0.15, 0.2) is 36.8 Å². The van der Waals surface area contributed by atoms with Crippen LogP contribution in [0.4, 0.5) is 5.69 Å². The second kappa shape index (κ2) is 7.34. The third-order valence-corrected chi connectivity index (χ3v) is 4.53. The molecule has 1 amide bonds. The SMILES string of the molecule is Cc1cn[nH]c1CCC(=O)Nc1ccc([C@H](C)c2[nH]cnc2C)cc1. The molecule has 0 saturated heterocycles. The second-order valence-corrected chi connectivity index (χ2v) is 6.33. The number of aromatic amines is 2. The molecule has 0 saturated carbocycles. The van der Waals surface area contributed by atoms with Gasteiger partial charge in [0.2, 0.25) is 5.91 Å². The van der Waals surface area contributed by atoms with Crippen molar-refractivity contribution in [3.8, 4) is 0 Å². The van der Waals surface area contributed by atoms with E-state index < -0.39 is 0 Å². The number of hydrogen-bond acceptors (Lipinski definition) is 3. The minimum Gasteiger partial charge on any atom is -0.348 e. The van der Waals surface area contributed by atoms with Gasteiger partial charge in [0.15, 0.2) is 0 Å². The van der Waals surface area contributed by atoms with E-state index in [2.05, 4.69) is 32.4 Å². The third-order valence-electron chi connectivity index (χ3n) is 4.53. The van der Waals surface area contributed by atoms with E-state index in [4.69, 9.17) is 0 Å². The number of aryl methyl sites for hydroxylation is 3. The lowest BCUT2D eigenvalue weighted by atomic mass is 9.96. The van der Waals surface area contributed by atoms with Crippen molar-refractivity contribution in [2.45, 2.75) is 39.5 Å². The smallest absolute Gasteiger partial charge is 0.224 e. The number of carbonyl (C=O) groups excluding carboxylic acids is 1. The molecule has 1 aromatic carbocycles. The number of carbonyl (C=O) groups is 1. The maximum atomic E-state index is 12.1. The van der Waals surface area contributed by atoms with Crippen LogP contribution in [0, 0.1) is 13.8 Å². The van der Waals surface area contributed by atoms with Crippen molar-refractivity contribution in [1.29, 1.82) is 0 Å². The van der Waals surface area contributed by atoms with E-state index in [0.717, 1.165) is 28.3 Å². The molecule has 6 heteroatoms. The zero-order valence-electron chi connectivity index (χ0n) is 14.8. The Balaban J connectivity index is 1.58. The van der Waals surface area contributed by atoms with E-state index in [1.165, 1.54) is 5.56 Å². The van der Waals surface area contributed by atoms with Gasteiger partial charge in [-0.3, -0.25) is 9.89 Å². The van der Waals surface area contributed by atoms with Gasteiger partial charge in [0.05, 0.1) is 18.2 Å². The standard InChI is InChI=1S/C19H23N5O/c1-12-10-22-24-17(12)8-9-18(25)23-16-6-4-15(5-7-16)13(2)19-14(3)20-11-21-19/h4-7,10-11,13H,8-9H2,1-3H3,(H,20,21)(H,22,24)(H,23,25)/t13-/m0/s1. The van der Waals surface area contributed by atoms with E-state index in [-0.39, 0.29) is 11.8 Å². The minimum absolute atomic E-state index is 0.000731. The van der Waals surface area contributed by atoms with Crippen molar-refractivity contribution < 1.29 is 4.79 Å². The molecule has 2 heterocycles. The Kier molecular flexibility index (Phi) is 4.97. The minimum atomic E-state index is -0.000731. The van der Waals surface area contributed by atoms with Gasteiger partial charge < -0.3 is 10.3 Å². The fourth-order valence-electron chi connectivity index (χ4n) is 2.92. The fraction of sp³-hybridized carbons (Fsp3) is 0.316. The van der Waals surface area contributed by atoms with E-state index >= 15 is 0 Å². The summed E-state index contributed by atoms with van der Waals surface area (Å²) in [6.45, 7) is 6.12. The van der Waals surface area contributed by atoms with Gasteiger partial charge in [-0.15, -0.1) is 0 Å². The average Bonchev–Trinajstić information content (AvgIpc) is 3.21. The number of amides is 1. The van der Waals surface area contributed by atoms with Crippen LogP contribution in [0.5, 0.6) is 0 Å². The van der Waals surface area contributed by atoms with Gasteiger partial charge in [-0.2, -0.15) is 5.10 Å². The van der Waals surface area contributed by atoms with Crippen LogP contribution in [0.1, 0.15) is 47.5 Å². The molecule has 0 aliphatic rings. The Morgan fingerprint density at radius 3 is 2.60 bits per heavy atom. The zero-order valence-corrected chi connectivity index (χ0v) is 14.8. The van der Waals surface area contributed by atoms with Crippen molar-refractivity contribution in [3.63, 3.8) is 0 Å². The van der Waals surface area contributed by atoms with Crippen LogP contribution >= 0.6 is 0 Å². The van der Waals surface area contributed by atoms with Gasteiger partial charge >= 0.3 is 0 Å². The molecule has 3 N–H and O–H groups in total. The van der Waals surface area contributed by atoms with E-state index in [0.29, 0.717) is 12.8 Å². The molecule has 2 aromatic heterocycles. The van der Waals surface area contributed by atoms with Crippen LogP contribution < -0.4 is 5.32 Å². The molecular formula is C19H23N5O. The number of nitrogens with zero attached hydrogens (tertiary/aromatic N) is 2. The number of aromatic nitrogens is 4. The van der Waals surface area contributed by atoms with Crippen LogP contribution in [0.3, 0.4) is 0 Å². The summed E-state index contributed by atoms with van der Waals surface area (Å²) in [7, 11) is 0. The Morgan fingerprint density at radius 2 is 2.00 bits per heavy atom. The lowest BCUT2D eigenvalue weighted by molar-refractivity contribution is -0.116. The monoisotopic (exact) mass is 337 g/mol. The molecule has 25 heavy (non-hydrogen) atoms. The van der Waals surface area contributed by atoms with Crippen LogP contribution in [-0.2, 0) is 11.2 Å². The first-order valence-corrected chi connectivity index (χ1v) is 8.43. The van der Waals surface area contributed by atoms with Crippen molar-refractivity contribution in [2.24, 2.45) is 0 Å². The highest BCUT2D eigenvalue weighted by Crippen LogP contribution is 2.25. The molecule has 0 spiro atoms. The molecule has 1 atom stereocenters. The largest absolute Gasteiger partial charge is 0.348 e. The highest BCUT2D eigenvalue weighted by molar-refractivity contribution is 5.90. The maximum absolute atomic E-state index is 12.1. The first kappa shape index (κ1) is 17.0. The first-order chi connectivity index (χ1) is 12.0. The number of nitrogens with one attached hydrogen (secondary N) is 3. The molecule has 3 aromatic rings. The third kappa shape index (κ3) is 3.96. The maximum Gasteiger partial charge on any atom is 0.224 e. The molecular weight excluding hydrogens is 314 g/mol. The number of hydrogen-bond donors (Lipinski definition) is 3. The van der Waals surface area contributed by atoms with Gasteiger partial charge in [-0.05, 0) is 43.5 Å². The number of H-pyrrole nitrogens is 2. The predicted molar refractivity (Wildman–Crippen MR) is 97.6 cm³/mol. The quantitative estimate of drug-likeness (QED) is 0.643.